The lowest BCUT2D eigenvalue weighted by Gasteiger charge is -2.22. The maximum atomic E-state index is 13.0. The largest absolute Gasteiger partial charge is 0.323 e. The highest BCUT2D eigenvalue weighted by atomic mass is 32.2. The number of nitrogens with one attached hydrogen (secondary N) is 2. The molecule has 0 fully saturated rings. The molecular formula is C17H16N4O3S2. The number of nitrogens with zero attached hydrogens (tertiary/aromatic N) is 2. The monoisotopic (exact) mass is 388 g/mol. The first-order valence-corrected chi connectivity index (χ1v) is 10.2. The van der Waals surface area contributed by atoms with Crippen LogP contribution in [0, 0.1) is 0 Å². The molecule has 134 valence electrons. The standard InChI is InChI=1S/C17H16N4O3S2/c1-10(16-18-13-5-3-4-6-15(13)25-16)21(2)26(23,24)11-7-8-12-14(9-11)20-17(22)19-12/h3-10H,1-2H3,(H2,19,20,22)/t10-/m1/s1. The Balaban J connectivity index is 1.72. The molecule has 9 heteroatoms. The third kappa shape index (κ3) is 2.74. The number of hydrogen-bond acceptors (Lipinski definition) is 5. The summed E-state index contributed by atoms with van der Waals surface area (Å²) >= 11 is 1.48. The van der Waals surface area contributed by atoms with Gasteiger partial charge in [-0.05, 0) is 37.3 Å². The van der Waals surface area contributed by atoms with Crippen LogP contribution in [0.15, 0.2) is 52.2 Å². The van der Waals surface area contributed by atoms with Gasteiger partial charge in [0.05, 0.1) is 32.2 Å². The molecule has 2 aromatic carbocycles. The molecule has 4 rings (SSSR count). The Morgan fingerprint density at radius 1 is 1.12 bits per heavy atom. The Bertz CT molecular complexity index is 1240. The van der Waals surface area contributed by atoms with Gasteiger partial charge in [-0.1, -0.05) is 12.1 Å². The van der Waals surface area contributed by atoms with Gasteiger partial charge < -0.3 is 9.97 Å². The lowest BCUT2D eigenvalue weighted by Crippen LogP contribution is -2.29. The Kier molecular flexibility index (Phi) is 3.94. The van der Waals surface area contributed by atoms with E-state index in [1.54, 1.807) is 6.07 Å². The van der Waals surface area contributed by atoms with E-state index in [1.807, 2.05) is 31.2 Å². The molecule has 7 nitrogen and oxygen atoms in total. The van der Waals surface area contributed by atoms with Gasteiger partial charge in [0, 0.05) is 7.05 Å². The molecule has 0 spiro atoms. The highest BCUT2D eigenvalue weighted by Gasteiger charge is 2.28. The third-order valence-electron chi connectivity index (χ3n) is 4.38. The number of benzene rings is 2. The summed E-state index contributed by atoms with van der Waals surface area (Å²) in [6, 6.07) is 11.8. The van der Waals surface area contributed by atoms with Gasteiger partial charge in [0.2, 0.25) is 10.0 Å². The van der Waals surface area contributed by atoms with E-state index in [-0.39, 0.29) is 10.6 Å². The van der Waals surface area contributed by atoms with Crippen molar-refractivity contribution < 1.29 is 8.42 Å². The molecule has 1 atom stereocenters. The highest BCUT2D eigenvalue weighted by Crippen LogP contribution is 2.32. The van der Waals surface area contributed by atoms with E-state index in [9.17, 15) is 13.2 Å². The molecule has 2 N–H and O–H groups in total. The summed E-state index contributed by atoms with van der Waals surface area (Å²) in [4.78, 5) is 21.2. The van der Waals surface area contributed by atoms with Gasteiger partial charge >= 0.3 is 5.69 Å². The first kappa shape index (κ1) is 17.0. The minimum atomic E-state index is -3.74. The summed E-state index contributed by atoms with van der Waals surface area (Å²) in [6.07, 6.45) is 0. The number of H-pyrrole nitrogens is 2. The first-order chi connectivity index (χ1) is 12.4. The third-order valence-corrected chi connectivity index (χ3v) is 7.51. The lowest BCUT2D eigenvalue weighted by molar-refractivity contribution is 0.398. The maximum absolute atomic E-state index is 13.0. The number of imidazole rings is 1. The normalized spacial score (nSPS) is 13.7. The van der Waals surface area contributed by atoms with Crippen molar-refractivity contribution >= 4 is 42.6 Å². The number of fused-ring (bicyclic) bond motifs is 2. The van der Waals surface area contributed by atoms with Crippen molar-refractivity contribution in [1.29, 1.82) is 0 Å². The smallest absolute Gasteiger partial charge is 0.306 e. The molecule has 2 aromatic heterocycles. The predicted octanol–water partition coefficient (Wildman–Crippen LogP) is 2.85. The van der Waals surface area contributed by atoms with E-state index in [4.69, 9.17) is 0 Å². The molecule has 0 amide bonds. The topological polar surface area (TPSA) is 98.9 Å². The zero-order valence-corrected chi connectivity index (χ0v) is 15.7. The van der Waals surface area contributed by atoms with E-state index in [2.05, 4.69) is 15.0 Å². The van der Waals surface area contributed by atoms with Crippen molar-refractivity contribution in [1.82, 2.24) is 19.3 Å². The number of thiazole rings is 1. The van der Waals surface area contributed by atoms with E-state index >= 15 is 0 Å². The number of sulfonamides is 1. The second kappa shape index (κ2) is 6.04. The zero-order valence-electron chi connectivity index (χ0n) is 14.1. The van der Waals surface area contributed by atoms with Gasteiger partial charge in [0.25, 0.3) is 0 Å². The molecule has 0 aliphatic carbocycles. The molecule has 0 unspecified atom stereocenters. The number of rotatable bonds is 4. The van der Waals surface area contributed by atoms with Gasteiger partial charge in [-0.2, -0.15) is 4.31 Å². The fraction of sp³-hybridized carbons (Fsp3) is 0.176. The van der Waals surface area contributed by atoms with Crippen LogP contribution in [0.4, 0.5) is 0 Å². The number of para-hydroxylation sites is 1. The van der Waals surface area contributed by atoms with Gasteiger partial charge in [0.15, 0.2) is 0 Å². The summed E-state index contributed by atoms with van der Waals surface area (Å²) in [5.74, 6) is 0. The van der Waals surface area contributed by atoms with Gasteiger partial charge in [-0.25, -0.2) is 18.2 Å². The molecular weight excluding hydrogens is 372 g/mol. The lowest BCUT2D eigenvalue weighted by atomic mass is 10.3. The highest BCUT2D eigenvalue weighted by molar-refractivity contribution is 7.89. The average Bonchev–Trinajstić information content (AvgIpc) is 3.21. The molecule has 2 heterocycles. The summed E-state index contributed by atoms with van der Waals surface area (Å²) in [5.41, 5.74) is 1.51. The molecule has 0 aliphatic heterocycles. The molecule has 26 heavy (non-hydrogen) atoms. The van der Waals surface area contributed by atoms with Crippen molar-refractivity contribution in [3.63, 3.8) is 0 Å². The van der Waals surface area contributed by atoms with Crippen LogP contribution >= 0.6 is 11.3 Å². The van der Waals surface area contributed by atoms with Crippen molar-refractivity contribution in [3.05, 3.63) is 58.0 Å². The van der Waals surface area contributed by atoms with Crippen molar-refractivity contribution in [2.24, 2.45) is 0 Å². The van der Waals surface area contributed by atoms with Crippen LogP contribution in [-0.2, 0) is 10.0 Å². The average molecular weight is 388 g/mol. The Morgan fingerprint density at radius 2 is 1.85 bits per heavy atom. The Labute approximate surface area is 153 Å². The van der Waals surface area contributed by atoms with Crippen LogP contribution in [0.5, 0.6) is 0 Å². The van der Waals surface area contributed by atoms with E-state index in [1.165, 1.54) is 34.8 Å². The number of aromatic nitrogens is 3. The number of hydrogen-bond donors (Lipinski definition) is 2. The van der Waals surface area contributed by atoms with Crippen LogP contribution in [-0.4, -0.2) is 34.7 Å². The predicted molar refractivity (Wildman–Crippen MR) is 102 cm³/mol. The molecule has 0 radical (unpaired) electrons. The Morgan fingerprint density at radius 3 is 2.62 bits per heavy atom. The fourth-order valence-electron chi connectivity index (χ4n) is 2.77. The maximum Gasteiger partial charge on any atom is 0.323 e. The second-order valence-electron chi connectivity index (χ2n) is 6.00. The van der Waals surface area contributed by atoms with Crippen LogP contribution in [0.25, 0.3) is 21.3 Å². The fourth-order valence-corrected chi connectivity index (χ4v) is 5.26. The quantitative estimate of drug-likeness (QED) is 0.561. The van der Waals surface area contributed by atoms with Crippen LogP contribution in [0.1, 0.15) is 18.0 Å². The minimum absolute atomic E-state index is 0.121. The van der Waals surface area contributed by atoms with Crippen molar-refractivity contribution in [2.75, 3.05) is 7.05 Å². The van der Waals surface area contributed by atoms with E-state index < -0.39 is 16.1 Å². The minimum Gasteiger partial charge on any atom is -0.306 e. The van der Waals surface area contributed by atoms with Crippen LogP contribution < -0.4 is 5.69 Å². The zero-order chi connectivity index (χ0) is 18.5. The molecule has 0 saturated heterocycles. The Hall–Kier alpha value is -2.49. The first-order valence-electron chi connectivity index (χ1n) is 7.92. The molecule has 0 aliphatic rings. The van der Waals surface area contributed by atoms with E-state index in [0.29, 0.717) is 11.0 Å². The summed E-state index contributed by atoms with van der Waals surface area (Å²) in [7, 11) is -2.20. The van der Waals surface area contributed by atoms with Crippen LogP contribution in [0.3, 0.4) is 0 Å². The van der Waals surface area contributed by atoms with Gasteiger partial charge in [0.1, 0.15) is 5.01 Å². The summed E-state index contributed by atoms with van der Waals surface area (Å²) in [6.45, 7) is 1.81. The molecule has 0 saturated carbocycles. The summed E-state index contributed by atoms with van der Waals surface area (Å²) in [5, 5.41) is 0.730. The SMILES string of the molecule is C[C@H](c1nc2ccccc2s1)N(C)S(=O)(=O)c1ccc2[nH]c(=O)[nH]c2c1. The van der Waals surface area contributed by atoms with Gasteiger partial charge in [-0.3, -0.25) is 0 Å². The molecule has 4 aromatic rings. The summed E-state index contributed by atoms with van der Waals surface area (Å²) < 4.78 is 28.3. The number of aromatic amines is 2. The second-order valence-corrected chi connectivity index (χ2v) is 9.06. The molecule has 0 bridgehead atoms. The van der Waals surface area contributed by atoms with Crippen molar-refractivity contribution in [3.8, 4) is 0 Å². The van der Waals surface area contributed by atoms with Crippen molar-refractivity contribution in [2.45, 2.75) is 17.9 Å². The van der Waals surface area contributed by atoms with Gasteiger partial charge in [-0.15, -0.1) is 11.3 Å². The van der Waals surface area contributed by atoms with Crippen LogP contribution in [0.2, 0.25) is 0 Å². The van der Waals surface area contributed by atoms with E-state index in [0.717, 1.165) is 15.2 Å².